The van der Waals surface area contributed by atoms with Crippen molar-refractivity contribution in [3.8, 4) is 11.1 Å². The van der Waals surface area contributed by atoms with E-state index in [1.807, 2.05) is 50.8 Å². The van der Waals surface area contributed by atoms with Gasteiger partial charge in [-0.1, -0.05) is 6.07 Å². The number of aromatic nitrogens is 5. The van der Waals surface area contributed by atoms with Gasteiger partial charge in [0.15, 0.2) is 0 Å². The fourth-order valence-electron chi connectivity index (χ4n) is 2.82. The van der Waals surface area contributed by atoms with Gasteiger partial charge < -0.3 is 10.6 Å². The van der Waals surface area contributed by atoms with Crippen LogP contribution in [0.15, 0.2) is 54.2 Å². The maximum Gasteiger partial charge on any atom is 0.245 e. The minimum absolute atomic E-state index is 0.493. The molecule has 0 aliphatic carbocycles. The van der Waals surface area contributed by atoms with Crippen molar-refractivity contribution in [2.45, 2.75) is 0 Å². The normalized spacial score (nSPS) is 10.8. The van der Waals surface area contributed by atoms with Gasteiger partial charge in [-0.15, -0.1) is 5.10 Å². The summed E-state index contributed by atoms with van der Waals surface area (Å²) in [6.45, 7) is 0. The molecule has 3 N–H and O–H groups in total. The zero-order chi connectivity index (χ0) is 18.1. The highest BCUT2D eigenvalue weighted by Crippen LogP contribution is 2.32. The quantitative estimate of drug-likeness (QED) is 0.478. The third-order valence-electron chi connectivity index (χ3n) is 4.08. The zero-order valence-electron chi connectivity index (χ0n) is 14.3. The van der Waals surface area contributed by atoms with Gasteiger partial charge >= 0.3 is 0 Å². The SMILES string of the molecule is CNc1cc(-c2ccn3nc(Nc4cnn(C)c4)ncc23)ccc1N=N. The number of anilines is 3. The summed E-state index contributed by atoms with van der Waals surface area (Å²) >= 11 is 0. The summed E-state index contributed by atoms with van der Waals surface area (Å²) in [7, 11) is 3.66. The Morgan fingerprint density at radius 3 is 2.81 bits per heavy atom. The molecular formula is C17H17N9. The van der Waals surface area contributed by atoms with Gasteiger partial charge in [0.2, 0.25) is 5.95 Å². The average molecular weight is 347 g/mol. The standard InChI is InChI=1S/C17H17N9/c1-19-15-7-11(3-4-14(15)23-18)13-5-6-26-16(13)9-20-17(24-26)22-12-8-21-25(2)10-12/h3-10,18-19H,1-2H3,(H,22,24). The number of hydrogen-bond acceptors (Lipinski definition) is 7. The van der Waals surface area contributed by atoms with E-state index in [1.54, 1.807) is 21.6 Å². The van der Waals surface area contributed by atoms with E-state index in [9.17, 15) is 0 Å². The Morgan fingerprint density at radius 2 is 2.08 bits per heavy atom. The first-order valence-corrected chi connectivity index (χ1v) is 7.97. The van der Waals surface area contributed by atoms with Gasteiger partial charge in [0.1, 0.15) is 5.69 Å². The molecular weight excluding hydrogens is 330 g/mol. The molecule has 0 aliphatic heterocycles. The molecule has 1 aromatic carbocycles. The minimum Gasteiger partial charge on any atom is -0.386 e. The van der Waals surface area contributed by atoms with Crippen molar-refractivity contribution in [1.82, 2.24) is 24.4 Å². The summed E-state index contributed by atoms with van der Waals surface area (Å²) in [6, 6.07) is 7.71. The second-order valence-corrected chi connectivity index (χ2v) is 5.76. The number of fused-ring (bicyclic) bond motifs is 1. The molecule has 0 amide bonds. The van der Waals surface area contributed by atoms with E-state index in [0.717, 1.165) is 28.0 Å². The molecule has 0 bridgehead atoms. The first-order valence-electron chi connectivity index (χ1n) is 7.97. The van der Waals surface area contributed by atoms with Gasteiger partial charge in [-0.25, -0.2) is 15.0 Å². The molecule has 9 nitrogen and oxygen atoms in total. The van der Waals surface area contributed by atoms with Crippen molar-refractivity contribution < 1.29 is 0 Å². The number of hydrogen-bond donors (Lipinski definition) is 3. The maximum absolute atomic E-state index is 7.23. The molecule has 9 heteroatoms. The van der Waals surface area contributed by atoms with Crippen LogP contribution in [0.4, 0.5) is 23.0 Å². The van der Waals surface area contributed by atoms with Gasteiger partial charge in [-0.3, -0.25) is 4.68 Å². The highest BCUT2D eigenvalue weighted by Gasteiger charge is 2.10. The van der Waals surface area contributed by atoms with Crippen LogP contribution < -0.4 is 10.6 Å². The van der Waals surface area contributed by atoms with Crippen molar-refractivity contribution >= 4 is 28.5 Å². The molecule has 0 spiro atoms. The lowest BCUT2D eigenvalue weighted by Crippen LogP contribution is -2.00. The van der Waals surface area contributed by atoms with Crippen molar-refractivity contribution in [2.75, 3.05) is 17.7 Å². The smallest absolute Gasteiger partial charge is 0.245 e. The second kappa shape index (κ2) is 6.28. The van der Waals surface area contributed by atoms with Gasteiger partial charge in [-0.05, 0) is 23.8 Å². The van der Waals surface area contributed by atoms with Gasteiger partial charge in [0, 0.05) is 32.1 Å². The fraction of sp³-hybridized carbons (Fsp3) is 0.118. The Hall–Kier alpha value is -3.75. The van der Waals surface area contributed by atoms with Crippen LogP contribution in [-0.4, -0.2) is 31.4 Å². The first-order chi connectivity index (χ1) is 12.7. The van der Waals surface area contributed by atoms with Crippen molar-refractivity contribution in [2.24, 2.45) is 12.2 Å². The van der Waals surface area contributed by atoms with Crippen LogP contribution in [-0.2, 0) is 7.05 Å². The number of nitrogens with one attached hydrogen (secondary N) is 3. The van der Waals surface area contributed by atoms with Crippen molar-refractivity contribution in [1.29, 1.82) is 5.53 Å². The summed E-state index contributed by atoms with van der Waals surface area (Å²) in [5.41, 5.74) is 12.3. The average Bonchev–Trinajstić information content (AvgIpc) is 3.26. The van der Waals surface area contributed by atoms with Crippen LogP contribution in [0.3, 0.4) is 0 Å². The van der Waals surface area contributed by atoms with E-state index in [4.69, 9.17) is 5.53 Å². The Kier molecular flexibility index (Phi) is 3.81. The third-order valence-corrected chi connectivity index (χ3v) is 4.08. The number of rotatable bonds is 5. The van der Waals surface area contributed by atoms with Gasteiger partial charge in [-0.2, -0.15) is 10.2 Å². The number of nitrogens with zero attached hydrogens (tertiary/aromatic N) is 6. The lowest BCUT2D eigenvalue weighted by atomic mass is 10.1. The van der Waals surface area contributed by atoms with Crippen LogP contribution in [0.2, 0.25) is 0 Å². The summed E-state index contributed by atoms with van der Waals surface area (Å²) in [4.78, 5) is 4.40. The van der Waals surface area contributed by atoms with E-state index in [1.165, 1.54) is 0 Å². The van der Waals surface area contributed by atoms with Crippen LogP contribution in [0.5, 0.6) is 0 Å². The molecule has 0 fully saturated rings. The molecule has 0 saturated heterocycles. The molecule has 3 aromatic heterocycles. The molecule has 4 aromatic rings. The summed E-state index contributed by atoms with van der Waals surface area (Å²) in [5, 5.41) is 18.3. The van der Waals surface area contributed by atoms with E-state index < -0.39 is 0 Å². The highest BCUT2D eigenvalue weighted by molar-refractivity contribution is 5.84. The predicted octanol–water partition coefficient (Wildman–Crippen LogP) is 3.58. The molecule has 0 radical (unpaired) electrons. The molecule has 26 heavy (non-hydrogen) atoms. The first kappa shape index (κ1) is 15.8. The molecule has 130 valence electrons. The van der Waals surface area contributed by atoms with Crippen LogP contribution in [0.25, 0.3) is 16.6 Å². The largest absolute Gasteiger partial charge is 0.386 e. The van der Waals surface area contributed by atoms with E-state index in [0.29, 0.717) is 11.6 Å². The minimum atomic E-state index is 0.493. The van der Waals surface area contributed by atoms with Crippen LogP contribution in [0.1, 0.15) is 0 Å². The molecule has 3 heterocycles. The molecule has 4 rings (SSSR count). The summed E-state index contributed by atoms with van der Waals surface area (Å²) in [6.07, 6.45) is 7.24. The lowest BCUT2D eigenvalue weighted by molar-refractivity contribution is 0.768. The Labute approximate surface area is 149 Å². The monoisotopic (exact) mass is 347 g/mol. The van der Waals surface area contributed by atoms with E-state index in [-0.39, 0.29) is 0 Å². The number of aryl methyl sites for hydroxylation is 1. The van der Waals surface area contributed by atoms with Crippen molar-refractivity contribution in [3.05, 3.63) is 49.1 Å². The van der Waals surface area contributed by atoms with Gasteiger partial charge in [0.25, 0.3) is 0 Å². The maximum atomic E-state index is 7.23. The van der Waals surface area contributed by atoms with E-state index in [2.05, 4.69) is 30.9 Å². The topological polar surface area (TPSA) is 108 Å². The summed E-state index contributed by atoms with van der Waals surface area (Å²) in [5.74, 6) is 0.493. The zero-order valence-corrected chi connectivity index (χ0v) is 14.3. The Morgan fingerprint density at radius 1 is 1.19 bits per heavy atom. The van der Waals surface area contributed by atoms with Crippen molar-refractivity contribution in [3.63, 3.8) is 0 Å². The second-order valence-electron chi connectivity index (χ2n) is 5.76. The fourth-order valence-corrected chi connectivity index (χ4v) is 2.82. The highest BCUT2D eigenvalue weighted by atomic mass is 15.3. The summed E-state index contributed by atoms with van der Waals surface area (Å²) < 4.78 is 3.49. The third kappa shape index (κ3) is 2.75. The van der Waals surface area contributed by atoms with Gasteiger partial charge in [0.05, 0.1) is 29.3 Å². The molecule has 0 unspecified atom stereocenters. The predicted molar refractivity (Wildman–Crippen MR) is 99.3 cm³/mol. The Bertz CT molecular complexity index is 1090. The Balaban J connectivity index is 1.70. The van der Waals surface area contributed by atoms with E-state index >= 15 is 0 Å². The number of benzene rings is 1. The lowest BCUT2D eigenvalue weighted by Gasteiger charge is -2.07. The van der Waals surface area contributed by atoms with Crippen LogP contribution >= 0.6 is 0 Å². The molecule has 0 saturated carbocycles. The molecule has 0 aliphatic rings. The molecule has 0 atom stereocenters. The van der Waals surface area contributed by atoms with Crippen LogP contribution in [0, 0.1) is 5.53 Å².